The highest BCUT2D eigenvalue weighted by Crippen LogP contribution is 2.48. The highest BCUT2D eigenvalue weighted by Gasteiger charge is 2.31. The molecule has 3 aromatic carbocycles. The molecule has 5 rings (SSSR count). The molecule has 0 aromatic heterocycles. The molecule has 0 aliphatic heterocycles. The molecule has 0 heterocycles. The van der Waals surface area contributed by atoms with Crippen LogP contribution in [0, 0.1) is 0 Å². The Kier molecular flexibility index (Phi) is 3.82. The average Bonchev–Trinajstić information content (AvgIpc) is 3.23. The molecule has 0 saturated carbocycles. The molecule has 0 nitrogen and oxygen atoms in total. The van der Waals surface area contributed by atoms with Crippen LogP contribution in [0.3, 0.4) is 0 Å². The van der Waals surface area contributed by atoms with Crippen LogP contribution in [-0.2, 0) is 19.3 Å². The largest absolute Gasteiger partial charge is 0.0619 e. The van der Waals surface area contributed by atoms with Crippen molar-refractivity contribution >= 4 is 6.08 Å². The maximum atomic E-state index is 2.43. The minimum atomic E-state index is 0.408. The molecule has 0 fully saturated rings. The van der Waals surface area contributed by atoms with Crippen LogP contribution in [0.15, 0.2) is 60.2 Å². The second kappa shape index (κ2) is 6.23. The summed E-state index contributed by atoms with van der Waals surface area (Å²) < 4.78 is 0. The van der Waals surface area contributed by atoms with Gasteiger partial charge in [-0.25, -0.2) is 0 Å². The van der Waals surface area contributed by atoms with E-state index in [1.165, 1.54) is 44.5 Å². The summed E-state index contributed by atoms with van der Waals surface area (Å²) in [7, 11) is 0. The van der Waals surface area contributed by atoms with Gasteiger partial charge in [0.2, 0.25) is 0 Å². The summed E-state index contributed by atoms with van der Waals surface area (Å²) in [5.41, 5.74) is 14.8. The number of aryl methyl sites for hydroxylation is 2. The van der Waals surface area contributed by atoms with Crippen LogP contribution >= 0.6 is 0 Å². The molecule has 0 radical (unpaired) electrons. The fraction of sp³-hybridized carbons (Fsp3) is 0.259. The lowest BCUT2D eigenvalue weighted by atomic mass is 9.81. The van der Waals surface area contributed by atoms with E-state index in [9.17, 15) is 0 Å². The zero-order valence-electron chi connectivity index (χ0n) is 16.5. The lowest BCUT2D eigenvalue weighted by Crippen LogP contribution is -2.07. The molecule has 1 atom stereocenters. The minimum absolute atomic E-state index is 0.408. The van der Waals surface area contributed by atoms with Crippen molar-refractivity contribution in [1.29, 1.82) is 0 Å². The van der Waals surface area contributed by atoms with Gasteiger partial charge in [0.15, 0.2) is 0 Å². The third kappa shape index (κ3) is 2.43. The van der Waals surface area contributed by atoms with Gasteiger partial charge in [0.25, 0.3) is 0 Å². The van der Waals surface area contributed by atoms with E-state index in [0.29, 0.717) is 5.92 Å². The highest BCUT2D eigenvalue weighted by atomic mass is 14.3. The Bertz CT molecular complexity index is 1080. The van der Waals surface area contributed by atoms with Crippen LogP contribution < -0.4 is 0 Å². The van der Waals surface area contributed by atoms with Crippen molar-refractivity contribution in [1.82, 2.24) is 0 Å². The zero-order chi connectivity index (χ0) is 18.5. The van der Waals surface area contributed by atoms with Crippen LogP contribution in [0.5, 0.6) is 0 Å². The van der Waals surface area contributed by atoms with E-state index in [4.69, 9.17) is 0 Å². The van der Waals surface area contributed by atoms with E-state index in [-0.39, 0.29) is 0 Å². The molecule has 0 spiro atoms. The Morgan fingerprint density at radius 1 is 0.889 bits per heavy atom. The fourth-order valence-electron chi connectivity index (χ4n) is 5.15. The number of rotatable bonds is 3. The second-order valence-corrected chi connectivity index (χ2v) is 7.99. The summed E-state index contributed by atoms with van der Waals surface area (Å²) in [6.45, 7) is 6.84. The molecule has 0 N–H and O–H groups in total. The molecule has 1 unspecified atom stereocenters. The monoisotopic (exact) mass is 350 g/mol. The third-order valence-corrected chi connectivity index (χ3v) is 6.50. The zero-order valence-corrected chi connectivity index (χ0v) is 16.5. The first kappa shape index (κ1) is 16.6. The highest BCUT2D eigenvalue weighted by molar-refractivity contribution is 5.81. The number of fused-ring (bicyclic) bond motifs is 4. The summed E-state index contributed by atoms with van der Waals surface area (Å²) in [6, 6.07) is 20.8. The number of hydrogen-bond donors (Lipinski definition) is 0. The lowest BCUT2D eigenvalue weighted by Gasteiger charge is -2.23. The Labute approximate surface area is 162 Å². The van der Waals surface area contributed by atoms with E-state index in [1.54, 1.807) is 11.1 Å². The molecule has 0 amide bonds. The standard InChI is InChI=1S/C27H26/c1-4-18-10-12-22-21(15-18)16-25-24(22)13-11-19(5-2)27(25)26-17(3)14-20-8-6-7-9-23(20)26/h6-15,26H,4-5,16H2,1-3H3. The molecular formula is C27H26. The van der Waals surface area contributed by atoms with Crippen molar-refractivity contribution in [2.75, 3.05) is 0 Å². The normalized spacial score (nSPS) is 16.7. The van der Waals surface area contributed by atoms with Gasteiger partial charge in [-0.05, 0) is 76.3 Å². The molecule has 2 aliphatic rings. The topological polar surface area (TPSA) is 0 Å². The third-order valence-electron chi connectivity index (χ3n) is 6.50. The molecule has 27 heavy (non-hydrogen) atoms. The van der Waals surface area contributed by atoms with Crippen LogP contribution in [0.4, 0.5) is 0 Å². The van der Waals surface area contributed by atoms with Crippen LogP contribution in [0.1, 0.15) is 65.6 Å². The first-order chi connectivity index (χ1) is 13.2. The molecule has 0 bridgehead atoms. The van der Waals surface area contributed by atoms with Gasteiger partial charge in [-0.15, -0.1) is 0 Å². The summed E-state index contributed by atoms with van der Waals surface area (Å²) in [5, 5.41) is 0. The van der Waals surface area contributed by atoms with E-state index in [2.05, 4.69) is 81.4 Å². The Balaban J connectivity index is 1.73. The van der Waals surface area contributed by atoms with E-state index in [1.807, 2.05) is 0 Å². The smallest absolute Gasteiger partial charge is 0.0311 e. The van der Waals surface area contributed by atoms with Gasteiger partial charge in [0.1, 0.15) is 0 Å². The Hall–Kier alpha value is -2.60. The molecular weight excluding hydrogens is 324 g/mol. The average molecular weight is 351 g/mol. The van der Waals surface area contributed by atoms with Crippen molar-refractivity contribution in [3.05, 3.63) is 99.1 Å². The fourth-order valence-corrected chi connectivity index (χ4v) is 5.15. The maximum absolute atomic E-state index is 2.43. The first-order valence-electron chi connectivity index (χ1n) is 10.2. The molecule has 134 valence electrons. The molecule has 3 aromatic rings. The molecule has 2 aliphatic carbocycles. The summed E-state index contributed by atoms with van der Waals surface area (Å²) in [5.74, 6) is 0.408. The number of allylic oxidation sites excluding steroid dienone is 1. The van der Waals surface area contributed by atoms with Gasteiger partial charge in [0, 0.05) is 5.92 Å². The van der Waals surface area contributed by atoms with Gasteiger partial charge in [0.05, 0.1) is 0 Å². The van der Waals surface area contributed by atoms with E-state index >= 15 is 0 Å². The van der Waals surface area contributed by atoms with Crippen molar-refractivity contribution < 1.29 is 0 Å². The summed E-state index contributed by atoms with van der Waals surface area (Å²) in [6.07, 6.45) is 5.66. The van der Waals surface area contributed by atoms with Crippen LogP contribution in [0.25, 0.3) is 17.2 Å². The summed E-state index contributed by atoms with van der Waals surface area (Å²) >= 11 is 0. The van der Waals surface area contributed by atoms with Gasteiger partial charge in [-0.3, -0.25) is 0 Å². The SMILES string of the molecule is CCc1ccc2c(c1)Cc1c-2ccc(CC)c1C1C(C)=Cc2ccccc21. The van der Waals surface area contributed by atoms with Crippen molar-refractivity contribution in [2.24, 2.45) is 0 Å². The van der Waals surface area contributed by atoms with Crippen molar-refractivity contribution in [2.45, 2.75) is 46.0 Å². The second-order valence-electron chi connectivity index (χ2n) is 7.99. The van der Waals surface area contributed by atoms with Gasteiger partial charge in [-0.1, -0.05) is 80.1 Å². The predicted octanol–water partition coefficient (Wildman–Crippen LogP) is 6.93. The van der Waals surface area contributed by atoms with Crippen LogP contribution in [0.2, 0.25) is 0 Å². The Morgan fingerprint density at radius 3 is 2.52 bits per heavy atom. The number of benzene rings is 3. The Morgan fingerprint density at radius 2 is 1.70 bits per heavy atom. The van der Waals surface area contributed by atoms with Gasteiger partial charge < -0.3 is 0 Å². The van der Waals surface area contributed by atoms with Crippen molar-refractivity contribution in [3.63, 3.8) is 0 Å². The van der Waals surface area contributed by atoms with Gasteiger partial charge >= 0.3 is 0 Å². The minimum Gasteiger partial charge on any atom is -0.0619 e. The summed E-state index contributed by atoms with van der Waals surface area (Å²) in [4.78, 5) is 0. The first-order valence-corrected chi connectivity index (χ1v) is 10.2. The predicted molar refractivity (Wildman–Crippen MR) is 115 cm³/mol. The van der Waals surface area contributed by atoms with Crippen LogP contribution in [-0.4, -0.2) is 0 Å². The van der Waals surface area contributed by atoms with Gasteiger partial charge in [-0.2, -0.15) is 0 Å². The van der Waals surface area contributed by atoms with E-state index < -0.39 is 0 Å². The van der Waals surface area contributed by atoms with E-state index in [0.717, 1.165) is 19.3 Å². The molecule has 0 heteroatoms. The van der Waals surface area contributed by atoms with Crippen molar-refractivity contribution in [3.8, 4) is 11.1 Å². The number of hydrogen-bond acceptors (Lipinski definition) is 0. The lowest BCUT2D eigenvalue weighted by molar-refractivity contribution is 0.917. The maximum Gasteiger partial charge on any atom is 0.0311 e. The molecule has 0 saturated heterocycles. The quantitative estimate of drug-likeness (QED) is 0.376.